The first-order valence-corrected chi connectivity index (χ1v) is 6.04. The molecular weight excluding hydrogens is 262 g/mol. The molecule has 0 aromatic heterocycles. The van der Waals surface area contributed by atoms with Crippen molar-refractivity contribution in [2.24, 2.45) is 5.92 Å². The summed E-state index contributed by atoms with van der Waals surface area (Å²) in [5, 5.41) is 20.2. The van der Waals surface area contributed by atoms with E-state index in [0.29, 0.717) is 19.5 Å². The Hall–Kier alpha value is -1.28. The molecule has 0 bridgehead atoms. The second-order valence-electron chi connectivity index (χ2n) is 4.78. The van der Waals surface area contributed by atoms with Crippen molar-refractivity contribution in [2.45, 2.75) is 25.3 Å². The van der Waals surface area contributed by atoms with Crippen LogP contribution in [0.15, 0.2) is 0 Å². The van der Waals surface area contributed by atoms with Crippen LogP contribution in [0.1, 0.15) is 12.8 Å². The Balaban J connectivity index is 2.55. The maximum atomic E-state index is 12.1. The predicted octanol–water partition coefficient (Wildman–Crippen LogP) is 0.0909. The highest BCUT2D eigenvalue weighted by molar-refractivity contribution is 5.69. The van der Waals surface area contributed by atoms with Gasteiger partial charge in [0.15, 0.2) is 0 Å². The Kier molecular flexibility index (Phi) is 6.10. The minimum atomic E-state index is -2.48. The van der Waals surface area contributed by atoms with Gasteiger partial charge in [-0.3, -0.25) is 14.5 Å². The van der Waals surface area contributed by atoms with E-state index in [1.54, 1.807) is 4.90 Å². The van der Waals surface area contributed by atoms with E-state index in [1.807, 2.05) is 0 Å². The number of hydrogen-bond acceptors (Lipinski definition) is 4. The van der Waals surface area contributed by atoms with Gasteiger partial charge in [0.05, 0.1) is 13.1 Å². The van der Waals surface area contributed by atoms with Gasteiger partial charge in [-0.05, 0) is 12.3 Å². The highest BCUT2D eigenvalue weighted by Crippen LogP contribution is 2.20. The zero-order valence-corrected chi connectivity index (χ0v) is 10.4. The van der Waals surface area contributed by atoms with Crippen LogP contribution < -0.4 is 5.32 Å². The number of aliphatic carboxylic acids is 2. The average molecular weight is 280 g/mol. The summed E-state index contributed by atoms with van der Waals surface area (Å²) < 4.78 is 24.3. The number of alkyl halides is 2. The fraction of sp³-hybridized carbons (Fsp3) is 0.818. The summed E-state index contributed by atoms with van der Waals surface area (Å²) in [6, 6.07) is -0.300. The first-order chi connectivity index (χ1) is 8.86. The summed E-state index contributed by atoms with van der Waals surface area (Å²) in [6.07, 6.45) is -2.09. The number of piperidine rings is 1. The van der Waals surface area contributed by atoms with E-state index in [1.165, 1.54) is 0 Å². The zero-order chi connectivity index (χ0) is 14.4. The van der Waals surface area contributed by atoms with Gasteiger partial charge in [-0.2, -0.15) is 0 Å². The second-order valence-corrected chi connectivity index (χ2v) is 4.78. The van der Waals surface area contributed by atoms with Gasteiger partial charge >= 0.3 is 11.9 Å². The molecule has 1 aliphatic heterocycles. The number of rotatable bonds is 7. The van der Waals surface area contributed by atoms with E-state index in [-0.39, 0.29) is 24.9 Å². The van der Waals surface area contributed by atoms with Crippen LogP contribution in [-0.2, 0) is 9.59 Å². The number of hydrogen-bond donors (Lipinski definition) is 3. The summed E-state index contributed by atoms with van der Waals surface area (Å²) in [4.78, 5) is 23.0. The van der Waals surface area contributed by atoms with Crippen LogP contribution in [0.4, 0.5) is 8.78 Å². The Labute approximate surface area is 109 Å². The Bertz CT molecular complexity index is 304. The highest BCUT2D eigenvalue weighted by atomic mass is 19.3. The normalized spacial score (nSPS) is 24.6. The molecule has 0 aromatic carbocycles. The lowest BCUT2D eigenvalue weighted by molar-refractivity contribution is -0.139. The fourth-order valence-corrected chi connectivity index (χ4v) is 2.42. The molecule has 2 atom stereocenters. The van der Waals surface area contributed by atoms with Crippen LogP contribution in [0.3, 0.4) is 0 Å². The SMILES string of the molecule is O=C(O)CC1CC(NCC(F)F)CN(CC(=O)O)C1. The molecule has 6 nitrogen and oxygen atoms in total. The third-order valence-electron chi connectivity index (χ3n) is 3.00. The van der Waals surface area contributed by atoms with E-state index in [9.17, 15) is 18.4 Å². The number of nitrogens with zero attached hydrogens (tertiary/aromatic N) is 1. The largest absolute Gasteiger partial charge is 0.481 e. The Morgan fingerprint density at radius 2 is 1.95 bits per heavy atom. The third-order valence-corrected chi connectivity index (χ3v) is 3.00. The molecule has 110 valence electrons. The van der Waals surface area contributed by atoms with Gasteiger partial charge in [0.1, 0.15) is 0 Å². The van der Waals surface area contributed by atoms with Crippen LogP contribution in [0.5, 0.6) is 0 Å². The smallest absolute Gasteiger partial charge is 0.317 e. The van der Waals surface area contributed by atoms with Crippen molar-refractivity contribution in [1.82, 2.24) is 10.2 Å². The summed E-state index contributed by atoms with van der Waals surface area (Å²) in [5.41, 5.74) is 0. The predicted molar refractivity (Wildman–Crippen MR) is 62.2 cm³/mol. The lowest BCUT2D eigenvalue weighted by Crippen LogP contribution is -2.51. The van der Waals surface area contributed by atoms with Crippen molar-refractivity contribution in [1.29, 1.82) is 0 Å². The molecule has 1 aliphatic rings. The van der Waals surface area contributed by atoms with Crippen LogP contribution >= 0.6 is 0 Å². The maximum Gasteiger partial charge on any atom is 0.317 e. The molecule has 0 aliphatic carbocycles. The topological polar surface area (TPSA) is 89.9 Å². The number of likely N-dealkylation sites (tertiary alicyclic amines) is 1. The number of carboxylic acid groups (broad SMARTS) is 2. The van der Waals surface area contributed by atoms with Crippen LogP contribution in [0.25, 0.3) is 0 Å². The molecule has 1 fully saturated rings. The minimum absolute atomic E-state index is 0.0804. The molecule has 0 radical (unpaired) electrons. The molecule has 0 amide bonds. The summed E-state index contributed by atoms with van der Waals surface area (Å²) >= 11 is 0. The lowest BCUT2D eigenvalue weighted by atomic mass is 9.91. The fourth-order valence-electron chi connectivity index (χ4n) is 2.42. The van der Waals surface area contributed by atoms with E-state index in [4.69, 9.17) is 10.2 Å². The van der Waals surface area contributed by atoms with E-state index in [0.717, 1.165) is 0 Å². The number of carboxylic acids is 2. The van der Waals surface area contributed by atoms with Crippen LogP contribution in [0, 0.1) is 5.92 Å². The average Bonchev–Trinajstić information content (AvgIpc) is 2.24. The monoisotopic (exact) mass is 280 g/mol. The third kappa shape index (κ3) is 6.44. The first kappa shape index (κ1) is 15.8. The standard InChI is InChI=1S/C11H18F2N2O4/c12-9(13)3-14-8-1-7(2-10(16)17)4-15(5-8)6-11(18)19/h7-9,14H,1-6H2,(H,16,17)(H,18,19). The van der Waals surface area contributed by atoms with Crippen LogP contribution in [-0.4, -0.2) is 65.7 Å². The lowest BCUT2D eigenvalue weighted by Gasteiger charge is -2.37. The van der Waals surface area contributed by atoms with Gasteiger partial charge < -0.3 is 15.5 Å². The molecule has 0 spiro atoms. The number of carbonyl (C=O) groups is 2. The van der Waals surface area contributed by atoms with E-state index < -0.39 is 24.9 Å². The molecule has 0 aromatic rings. The van der Waals surface area contributed by atoms with Gasteiger partial charge in [0.2, 0.25) is 0 Å². The molecule has 2 unspecified atom stereocenters. The van der Waals surface area contributed by atoms with Crippen molar-refractivity contribution < 1.29 is 28.6 Å². The number of halogens is 2. The molecule has 8 heteroatoms. The Morgan fingerprint density at radius 3 is 2.47 bits per heavy atom. The van der Waals surface area contributed by atoms with Crippen molar-refractivity contribution in [3.8, 4) is 0 Å². The Morgan fingerprint density at radius 1 is 1.26 bits per heavy atom. The molecular formula is C11H18F2N2O4. The summed E-state index contributed by atoms with van der Waals surface area (Å²) in [6.45, 7) is 0.0367. The number of nitrogens with one attached hydrogen (secondary N) is 1. The van der Waals surface area contributed by atoms with Crippen molar-refractivity contribution in [3.63, 3.8) is 0 Å². The molecule has 0 saturated carbocycles. The van der Waals surface area contributed by atoms with Gasteiger partial charge in [0.25, 0.3) is 6.43 Å². The van der Waals surface area contributed by atoms with Crippen LogP contribution in [0.2, 0.25) is 0 Å². The van der Waals surface area contributed by atoms with E-state index in [2.05, 4.69) is 5.32 Å². The maximum absolute atomic E-state index is 12.1. The molecule has 3 N–H and O–H groups in total. The van der Waals surface area contributed by atoms with Crippen molar-refractivity contribution in [2.75, 3.05) is 26.2 Å². The zero-order valence-electron chi connectivity index (χ0n) is 10.4. The molecule has 19 heavy (non-hydrogen) atoms. The van der Waals surface area contributed by atoms with Gasteiger partial charge in [-0.15, -0.1) is 0 Å². The van der Waals surface area contributed by atoms with Crippen molar-refractivity contribution >= 4 is 11.9 Å². The van der Waals surface area contributed by atoms with Gasteiger partial charge in [-0.1, -0.05) is 0 Å². The van der Waals surface area contributed by atoms with Gasteiger partial charge in [0, 0.05) is 25.6 Å². The van der Waals surface area contributed by atoms with Gasteiger partial charge in [-0.25, -0.2) is 8.78 Å². The van der Waals surface area contributed by atoms with E-state index >= 15 is 0 Å². The molecule has 1 heterocycles. The highest BCUT2D eigenvalue weighted by Gasteiger charge is 2.29. The van der Waals surface area contributed by atoms with Crippen molar-refractivity contribution in [3.05, 3.63) is 0 Å². The summed E-state index contributed by atoms with van der Waals surface area (Å²) in [5.74, 6) is -2.20. The molecule has 1 saturated heterocycles. The second kappa shape index (κ2) is 7.34. The first-order valence-electron chi connectivity index (χ1n) is 6.04. The quantitative estimate of drug-likeness (QED) is 0.612. The molecule has 1 rings (SSSR count). The summed E-state index contributed by atoms with van der Waals surface area (Å²) in [7, 11) is 0. The minimum Gasteiger partial charge on any atom is -0.481 e.